The van der Waals surface area contributed by atoms with E-state index in [0.29, 0.717) is 10.0 Å². The molecule has 0 radical (unpaired) electrons. The first-order chi connectivity index (χ1) is 7.83. The molecule has 0 atom stereocenters. The molecule has 17 heavy (non-hydrogen) atoms. The Hall–Kier alpha value is -0.200. The Bertz CT molecular complexity index is 423. The highest BCUT2D eigenvalue weighted by Gasteiger charge is 2.29. The molecule has 1 rings (SSSR count). The van der Waals surface area contributed by atoms with Crippen LogP contribution in [0.3, 0.4) is 0 Å². The Morgan fingerprint density at radius 2 is 2.06 bits per heavy atom. The minimum atomic E-state index is -4.33. The summed E-state index contributed by atoms with van der Waals surface area (Å²) in [6, 6.07) is 3.91. The van der Waals surface area contributed by atoms with Gasteiger partial charge >= 0.3 is 5.51 Å². The van der Waals surface area contributed by atoms with E-state index in [1.807, 2.05) is 0 Å². The first kappa shape index (κ1) is 14.9. The molecule has 0 aliphatic rings. The molecule has 1 aromatic rings. The maximum atomic E-state index is 12.1. The fourth-order valence-electron chi connectivity index (χ4n) is 1.14. The number of alkyl halides is 4. The second-order valence-electron chi connectivity index (χ2n) is 3.05. The summed E-state index contributed by atoms with van der Waals surface area (Å²) in [4.78, 5) is 11.6. The predicted molar refractivity (Wildman–Crippen MR) is 65.7 cm³/mol. The lowest BCUT2D eigenvalue weighted by Crippen LogP contribution is -2.02. The molecular weight excluding hydrogens is 341 g/mol. The monoisotopic (exact) mass is 346 g/mol. The molecule has 1 nitrogen and oxygen atoms in total. The number of rotatable bonds is 4. The molecule has 7 heteroatoms. The first-order valence-corrected chi connectivity index (χ1v) is 6.62. The molecule has 0 bridgehead atoms. The predicted octanol–water partition coefficient (Wildman–Crippen LogP) is 4.87. The summed E-state index contributed by atoms with van der Waals surface area (Å²) in [7, 11) is 0. The van der Waals surface area contributed by atoms with Gasteiger partial charge in [0.2, 0.25) is 0 Å². The number of ketones is 1. The summed E-state index contributed by atoms with van der Waals surface area (Å²) < 4.78 is 36.7. The van der Waals surface area contributed by atoms with Crippen molar-refractivity contribution in [1.29, 1.82) is 0 Å². The van der Waals surface area contributed by atoms with Crippen molar-refractivity contribution in [3.63, 3.8) is 0 Å². The topological polar surface area (TPSA) is 17.1 Å². The van der Waals surface area contributed by atoms with Crippen molar-refractivity contribution >= 4 is 45.1 Å². The summed E-state index contributed by atoms with van der Waals surface area (Å²) in [5.41, 5.74) is -3.99. The van der Waals surface area contributed by atoms with E-state index in [1.54, 1.807) is 0 Å². The van der Waals surface area contributed by atoms with Gasteiger partial charge in [-0.2, -0.15) is 13.2 Å². The Morgan fingerprint density at radius 3 is 2.53 bits per heavy atom. The molecular formula is C10H7BrClF3OS. The average molecular weight is 348 g/mol. The highest BCUT2D eigenvalue weighted by Crippen LogP contribution is 2.38. The molecule has 0 spiro atoms. The summed E-state index contributed by atoms with van der Waals surface area (Å²) in [6.45, 7) is 0. The molecule has 0 N–H and O–H groups in total. The normalized spacial score (nSPS) is 11.6. The van der Waals surface area contributed by atoms with Crippen molar-refractivity contribution in [2.24, 2.45) is 0 Å². The second kappa shape index (κ2) is 6.11. The van der Waals surface area contributed by atoms with Crippen LogP contribution in [0.4, 0.5) is 13.2 Å². The largest absolute Gasteiger partial charge is 0.446 e. The van der Waals surface area contributed by atoms with Crippen molar-refractivity contribution in [2.75, 3.05) is 5.88 Å². The number of halogens is 5. The van der Waals surface area contributed by atoms with Crippen LogP contribution >= 0.6 is 39.3 Å². The standard InChI is InChI=1S/C10H7BrClF3OS/c11-8-5-6(17-10(13,14)15)1-2-7(8)9(16)3-4-12/h1-2,5H,3-4H2. The maximum Gasteiger partial charge on any atom is 0.446 e. The van der Waals surface area contributed by atoms with Crippen LogP contribution in [0.1, 0.15) is 16.8 Å². The van der Waals surface area contributed by atoms with E-state index in [-0.39, 0.29) is 34.7 Å². The van der Waals surface area contributed by atoms with Gasteiger partial charge in [0.25, 0.3) is 0 Å². The number of carbonyl (C=O) groups is 1. The van der Waals surface area contributed by atoms with E-state index < -0.39 is 5.51 Å². The van der Waals surface area contributed by atoms with Gasteiger partial charge in [0.15, 0.2) is 5.78 Å². The minimum Gasteiger partial charge on any atom is -0.294 e. The summed E-state index contributed by atoms with van der Waals surface area (Å²) in [6.07, 6.45) is 0.159. The molecule has 0 aliphatic heterocycles. The molecule has 0 amide bonds. The van der Waals surface area contributed by atoms with E-state index in [4.69, 9.17) is 11.6 Å². The third kappa shape index (κ3) is 4.89. The smallest absolute Gasteiger partial charge is 0.294 e. The first-order valence-electron chi connectivity index (χ1n) is 4.48. The van der Waals surface area contributed by atoms with Crippen LogP contribution in [-0.4, -0.2) is 17.2 Å². The van der Waals surface area contributed by atoms with Crippen LogP contribution in [0.25, 0.3) is 0 Å². The minimum absolute atomic E-state index is 0.0341. The third-order valence-corrected chi connectivity index (χ3v) is 3.36. The van der Waals surface area contributed by atoms with Gasteiger partial charge in [0, 0.05) is 27.2 Å². The van der Waals surface area contributed by atoms with Crippen LogP contribution in [0, 0.1) is 0 Å². The summed E-state index contributed by atoms with van der Waals surface area (Å²) in [5, 5.41) is 0. The van der Waals surface area contributed by atoms with Crippen molar-refractivity contribution in [2.45, 2.75) is 16.8 Å². The van der Waals surface area contributed by atoms with Gasteiger partial charge in [0.05, 0.1) is 0 Å². The van der Waals surface area contributed by atoms with Crippen LogP contribution < -0.4 is 0 Å². The van der Waals surface area contributed by atoms with Gasteiger partial charge in [-0.15, -0.1) is 11.6 Å². The number of hydrogen-bond donors (Lipinski definition) is 0. The van der Waals surface area contributed by atoms with E-state index >= 15 is 0 Å². The third-order valence-electron chi connectivity index (χ3n) is 1.80. The lowest BCUT2D eigenvalue weighted by atomic mass is 10.1. The van der Waals surface area contributed by atoms with Crippen molar-refractivity contribution in [3.8, 4) is 0 Å². The Morgan fingerprint density at radius 1 is 1.41 bits per heavy atom. The van der Waals surface area contributed by atoms with Gasteiger partial charge in [0.1, 0.15) is 0 Å². The Kier molecular flexibility index (Phi) is 5.34. The number of carbonyl (C=O) groups excluding carboxylic acids is 1. The summed E-state index contributed by atoms with van der Waals surface area (Å²) in [5.74, 6) is -0.0138. The molecule has 0 saturated carbocycles. The number of thioether (sulfide) groups is 1. The molecule has 94 valence electrons. The molecule has 0 aliphatic carbocycles. The van der Waals surface area contributed by atoms with E-state index in [2.05, 4.69) is 15.9 Å². The Labute approximate surface area is 114 Å². The Balaban J connectivity index is 2.90. The quantitative estimate of drug-likeness (QED) is 0.439. The molecule has 0 unspecified atom stereocenters. The van der Waals surface area contributed by atoms with Crippen LogP contribution in [0.15, 0.2) is 27.6 Å². The van der Waals surface area contributed by atoms with E-state index in [9.17, 15) is 18.0 Å². The fourth-order valence-corrected chi connectivity index (χ4v) is 2.64. The molecule has 1 aromatic carbocycles. The van der Waals surface area contributed by atoms with E-state index in [0.717, 1.165) is 0 Å². The lowest BCUT2D eigenvalue weighted by molar-refractivity contribution is -0.0328. The van der Waals surface area contributed by atoms with Crippen LogP contribution in [-0.2, 0) is 0 Å². The SMILES string of the molecule is O=C(CCCl)c1ccc(SC(F)(F)F)cc1Br. The highest BCUT2D eigenvalue weighted by molar-refractivity contribution is 9.10. The van der Waals surface area contributed by atoms with Gasteiger partial charge in [-0.25, -0.2) is 0 Å². The molecule has 0 saturated heterocycles. The highest BCUT2D eigenvalue weighted by atomic mass is 79.9. The van der Waals surface area contributed by atoms with Crippen molar-refractivity contribution in [3.05, 3.63) is 28.2 Å². The van der Waals surface area contributed by atoms with Gasteiger partial charge in [-0.1, -0.05) is 15.9 Å². The van der Waals surface area contributed by atoms with Gasteiger partial charge in [-0.3, -0.25) is 4.79 Å². The molecule has 0 heterocycles. The van der Waals surface area contributed by atoms with E-state index in [1.165, 1.54) is 18.2 Å². The van der Waals surface area contributed by atoms with Crippen molar-refractivity contribution < 1.29 is 18.0 Å². The lowest BCUT2D eigenvalue weighted by Gasteiger charge is -2.08. The second-order valence-corrected chi connectivity index (χ2v) is 5.42. The maximum absolute atomic E-state index is 12.1. The molecule has 0 fully saturated rings. The summed E-state index contributed by atoms with van der Waals surface area (Å²) >= 11 is 8.29. The fraction of sp³-hybridized carbons (Fsp3) is 0.300. The van der Waals surface area contributed by atoms with Crippen LogP contribution in [0.5, 0.6) is 0 Å². The van der Waals surface area contributed by atoms with Gasteiger partial charge in [-0.05, 0) is 30.0 Å². The zero-order valence-electron chi connectivity index (χ0n) is 8.35. The zero-order valence-corrected chi connectivity index (χ0v) is 11.5. The number of benzene rings is 1. The van der Waals surface area contributed by atoms with Gasteiger partial charge < -0.3 is 0 Å². The number of hydrogen-bond acceptors (Lipinski definition) is 2. The zero-order chi connectivity index (χ0) is 13.1. The van der Waals surface area contributed by atoms with Crippen LogP contribution in [0.2, 0.25) is 0 Å². The average Bonchev–Trinajstić information content (AvgIpc) is 2.15. The number of Topliss-reactive ketones (excluding diaryl/α,β-unsaturated/α-hetero) is 1. The van der Waals surface area contributed by atoms with Crippen molar-refractivity contribution in [1.82, 2.24) is 0 Å². The molecule has 0 aromatic heterocycles.